The molecule has 0 saturated heterocycles. The molecule has 3 heteroatoms. The smallest absolute Gasteiger partial charge is 0.0569 e. The minimum Gasteiger partial charge on any atom is -0.320 e. The minimum absolute atomic E-state index is 0.316. The van der Waals surface area contributed by atoms with E-state index in [1.165, 1.54) is 5.56 Å². The number of nitrogens with zero attached hydrogens (tertiary/aromatic N) is 1. The van der Waals surface area contributed by atoms with Crippen molar-refractivity contribution in [2.75, 3.05) is 14.1 Å². The third kappa shape index (κ3) is 3.95. The van der Waals surface area contributed by atoms with Gasteiger partial charge in [-0.3, -0.25) is 0 Å². The summed E-state index contributed by atoms with van der Waals surface area (Å²) in [6, 6.07) is 8.31. The van der Waals surface area contributed by atoms with Gasteiger partial charge in [0.1, 0.15) is 0 Å². The molecule has 0 heterocycles. The number of halogens is 1. The lowest BCUT2D eigenvalue weighted by Crippen LogP contribution is -2.54. The summed E-state index contributed by atoms with van der Waals surface area (Å²) in [4.78, 5) is 2.23. The molecule has 2 unspecified atom stereocenters. The summed E-state index contributed by atoms with van der Waals surface area (Å²) in [5, 5.41) is 0.758. The highest BCUT2D eigenvalue weighted by Gasteiger charge is 2.37. The van der Waals surface area contributed by atoms with Crippen LogP contribution in [0, 0.1) is 5.92 Å². The highest BCUT2D eigenvalue weighted by Crippen LogP contribution is 2.33. The molecule has 0 amide bonds. The van der Waals surface area contributed by atoms with Crippen molar-refractivity contribution in [2.24, 2.45) is 11.7 Å². The molecule has 0 radical (unpaired) electrons. The third-order valence-electron chi connectivity index (χ3n) is 3.73. The Morgan fingerprint density at radius 3 is 2.11 bits per heavy atom. The highest BCUT2D eigenvalue weighted by molar-refractivity contribution is 6.30. The molecule has 0 aliphatic rings. The highest BCUT2D eigenvalue weighted by atomic mass is 35.5. The second-order valence-electron chi connectivity index (χ2n) is 6.03. The van der Waals surface area contributed by atoms with Gasteiger partial charge in [0.25, 0.3) is 0 Å². The second kappa shape index (κ2) is 6.74. The number of rotatable bonds is 6. The zero-order valence-electron chi connectivity index (χ0n) is 12.8. The Kier molecular flexibility index (Phi) is 5.84. The van der Waals surface area contributed by atoms with Gasteiger partial charge in [0.2, 0.25) is 0 Å². The van der Waals surface area contributed by atoms with Crippen LogP contribution in [0.5, 0.6) is 0 Å². The number of likely N-dealkylation sites (N-methyl/N-ethyl adjacent to an activating group) is 1. The average molecular weight is 283 g/mol. The van der Waals surface area contributed by atoms with E-state index in [4.69, 9.17) is 17.3 Å². The molecule has 1 aromatic carbocycles. The number of hydrogen-bond donors (Lipinski definition) is 1. The van der Waals surface area contributed by atoms with Gasteiger partial charge in [-0.05, 0) is 50.6 Å². The molecule has 0 fully saturated rings. The van der Waals surface area contributed by atoms with Gasteiger partial charge in [0, 0.05) is 11.1 Å². The van der Waals surface area contributed by atoms with Crippen molar-refractivity contribution < 1.29 is 0 Å². The van der Waals surface area contributed by atoms with Crippen LogP contribution >= 0.6 is 11.6 Å². The van der Waals surface area contributed by atoms with E-state index in [1.54, 1.807) is 0 Å². The molecule has 1 aromatic rings. The van der Waals surface area contributed by atoms with Crippen molar-refractivity contribution >= 4 is 11.6 Å². The third-order valence-corrected chi connectivity index (χ3v) is 3.98. The van der Waals surface area contributed by atoms with E-state index in [9.17, 15) is 0 Å². The van der Waals surface area contributed by atoms with Crippen molar-refractivity contribution in [2.45, 2.75) is 45.2 Å². The SMILES string of the molecule is CCC(N(C)C)C(N)(CC(C)C)c1ccc(Cl)cc1. The summed E-state index contributed by atoms with van der Waals surface area (Å²) in [5.74, 6) is 0.551. The molecule has 0 aliphatic carbocycles. The molecular formula is C16H27ClN2. The average Bonchev–Trinajstić information content (AvgIpc) is 2.28. The Morgan fingerprint density at radius 2 is 1.74 bits per heavy atom. The predicted octanol–water partition coefficient (Wildman–Crippen LogP) is 3.88. The van der Waals surface area contributed by atoms with Crippen molar-refractivity contribution in [3.8, 4) is 0 Å². The maximum Gasteiger partial charge on any atom is 0.0569 e. The van der Waals surface area contributed by atoms with Gasteiger partial charge in [-0.15, -0.1) is 0 Å². The van der Waals surface area contributed by atoms with Gasteiger partial charge in [0.15, 0.2) is 0 Å². The zero-order chi connectivity index (χ0) is 14.6. The molecule has 0 aliphatic heterocycles. The van der Waals surface area contributed by atoms with Crippen LogP contribution in [0.3, 0.4) is 0 Å². The molecule has 0 bridgehead atoms. The monoisotopic (exact) mass is 282 g/mol. The van der Waals surface area contributed by atoms with Gasteiger partial charge in [0.05, 0.1) is 5.54 Å². The fraction of sp³-hybridized carbons (Fsp3) is 0.625. The van der Waals surface area contributed by atoms with Gasteiger partial charge >= 0.3 is 0 Å². The summed E-state index contributed by atoms with van der Waals surface area (Å²) < 4.78 is 0. The van der Waals surface area contributed by atoms with Crippen molar-refractivity contribution in [3.63, 3.8) is 0 Å². The molecule has 1 rings (SSSR count). The normalized spacial score (nSPS) is 16.7. The topological polar surface area (TPSA) is 29.3 Å². The van der Waals surface area contributed by atoms with Crippen LogP contribution in [0.15, 0.2) is 24.3 Å². The van der Waals surface area contributed by atoms with Crippen LogP contribution in [0.4, 0.5) is 0 Å². The fourth-order valence-electron chi connectivity index (χ4n) is 3.07. The largest absolute Gasteiger partial charge is 0.320 e. The second-order valence-corrected chi connectivity index (χ2v) is 6.47. The Morgan fingerprint density at radius 1 is 1.21 bits per heavy atom. The molecule has 108 valence electrons. The van der Waals surface area contributed by atoms with E-state index < -0.39 is 0 Å². The molecule has 19 heavy (non-hydrogen) atoms. The van der Waals surface area contributed by atoms with Gasteiger partial charge in [-0.2, -0.15) is 0 Å². The first-order chi connectivity index (χ1) is 8.81. The lowest BCUT2D eigenvalue weighted by atomic mass is 9.76. The van der Waals surface area contributed by atoms with Gasteiger partial charge in [-0.25, -0.2) is 0 Å². The van der Waals surface area contributed by atoms with Crippen LogP contribution in [0.25, 0.3) is 0 Å². The maximum atomic E-state index is 6.84. The minimum atomic E-state index is -0.336. The van der Waals surface area contributed by atoms with Crippen molar-refractivity contribution in [1.29, 1.82) is 0 Å². The van der Waals surface area contributed by atoms with Crippen LogP contribution in [-0.4, -0.2) is 25.0 Å². The Bertz CT molecular complexity index is 386. The maximum absolute atomic E-state index is 6.84. The molecular weight excluding hydrogens is 256 g/mol. The Hall–Kier alpha value is -0.570. The standard InChI is InChI=1S/C16H27ClN2/c1-6-15(19(4)5)16(18,11-12(2)3)13-7-9-14(17)10-8-13/h7-10,12,15H,6,11,18H2,1-5H3. The first kappa shape index (κ1) is 16.5. The van der Waals surface area contributed by atoms with Crippen LogP contribution in [-0.2, 0) is 5.54 Å². The van der Waals surface area contributed by atoms with Gasteiger partial charge < -0.3 is 10.6 Å². The molecule has 2 N–H and O–H groups in total. The first-order valence-corrected chi connectivity index (χ1v) is 7.40. The summed E-state index contributed by atoms with van der Waals surface area (Å²) in [6.45, 7) is 6.64. The van der Waals surface area contributed by atoms with E-state index in [1.807, 2.05) is 12.1 Å². The van der Waals surface area contributed by atoms with E-state index in [2.05, 4.69) is 51.9 Å². The lowest BCUT2D eigenvalue weighted by molar-refractivity contribution is 0.147. The summed E-state index contributed by atoms with van der Waals surface area (Å²) in [7, 11) is 4.21. The lowest BCUT2D eigenvalue weighted by Gasteiger charge is -2.42. The summed E-state index contributed by atoms with van der Waals surface area (Å²) in [5.41, 5.74) is 7.68. The number of nitrogens with two attached hydrogens (primary N) is 1. The van der Waals surface area contributed by atoms with Crippen LogP contribution < -0.4 is 5.73 Å². The van der Waals surface area contributed by atoms with Gasteiger partial charge in [-0.1, -0.05) is 44.5 Å². The van der Waals surface area contributed by atoms with E-state index in [0.29, 0.717) is 12.0 Å². The Balaban J connectivity index is 3.21. The van der Waals surface area contributed by atoms with E-state index in [0.717, 1.165) is 17.9 Å². The van der Waals surface area contributed by atoms with Crippen LogP contribution in [0.1, 0.15) is 39.2 Å². The summed E-state index contributed by atoms with van der Waals surface area (Å²) in [6.07, 6.45) is 1.99. The van der Waals surface area contributed by atoms with Crippen LogP contribution in [0.2, 0.25) is 5.02 Å². The quantitative estimate of drug-likeness (QED) is 0.858. The zero-order valence-corrected chi connectivity index (χ0v) is 13.5. The number of benzene rings is 1. The molecule has 2 nitrogen and oxygen atoms in total. The fourth-order valence-corrected chi connectivity index (χ4v) is 3.20. The number of hydrogen-bond acceptors (Lipinski definition) is 2. The predicted molar refractivity (Wildman–Crippen MR) is 84.5 cm³/mol. The first-order valence-electron chi connectivity index (χ1n) is 7.02. The summed E-state index contributed by atoms with van der Waals surface area (Å²) >= 11 is 5.99. The van der Waals surface area contributed by atoms with Crippen molar-refractivity contribution in [1.82, 2.24) is 4.90 Å². The molecule has 0 aromatic heterocycles. The molecule has 2 atom stereocenters. The van der Waals surface area contributed by atoms with E-state index in [-0.39, 0.29) is 5.54 Å². The van der Waals surface area contributed by atoms with E-state index >= 15 is 0 Å². The molecule has 0 spiro atoms. The molecule has 0 saturated carbocycles. The Labute approximate surface area is 122 Å². The van der Waals surface area contributed by atoms with Crippen molar-refractivity contribution in [3.05, 3.63) is 34.9 Å².